The number of amides is 1. The van der Waals surface area contributed by atoms with Crippen molar-refractivity contribution in [1.82, 2.24) is 14.8 Å². The highest BCUT2D eigenvalue weighted by molar-refractivity contribution is 5.82. The molecule has 4 nitrogen and oxygen atoms in total. The van der Waals surface area contributed by atoms with E-state index >= 15 is 0 Å². The standard InChI is InChI=1S/C19H21F2N3O/c1-23(12-14-4-2-8-22-11-14)18-5-3-9-24(19(18)25)13-15-6-7-16(20)10-17(15)21/h2,4,6-8,10-11,18H,3,5,9,12-13H2,1H3. The Bertz CT molecular complexity index is 739. The maximum Gasteiger partial charge on any atom is 0.240 e. The molecule has 0 spiro atoms. The quantitative estimate of drug-likeness (QED) is 0.836. The predicted octanol–water partition coefficient (Wildman–Crippen LogP) is 2.98. The predicted molar refractivity (Wildman–Crippen MR) is 90.5 cm³/mol. The summed E-state index contributed by atoms with van der Waals surface area (Å²) in [6, 6.07) is 7.09. The molecule has 25 heavy (non-hydrogen) atoms. The smallest absolute Gasteiger partial charge is 0.240 e. The second-order valence-electron chi connectivity index (χ2n) is 6.43. The molecule has 0 saturated carbocycles. The molecule has 0 N–H and O–H groups in total. The third-order valence-corrected chi connectivity index (χ3v) is 4.57. The molecular weight excluding hydrogens is 324 g/mol. The van der Waals surface area contributed by atoms with Crippen LogP contribution >= 0.6 is 0 Å². The summed E-state index contributed by atoms with van der Waals surface area (Å²) in [6.07, 6.45) is 5.14. The van der Waals surface area contributed by atoms with Crippen molar-refractivity contribution < 1.29 is 13.6 Å². The van der Waals surface area contributed by atoms with E-state index in [0.29, 0.717) is 18.7 Å². The molecule has 1 atom stereocenters. The molecule has 0 radical (unpaired) electrons. The van der Waals surface area contributed by atoms with Gasteiger partial charge in [0.25, 0.3) is 0 Å². The Balaban J connectivity index is 1.68. The number of rotatable bonds is 5. The van der Waals surface area contributed by atoms with Gasteiger partial charge < -0.3 is 4.90 Å². The van der Waals surface area contributed by atoms with E-state index in [-0.39, 0.29) is 18.5 Å². The summed E-state index contributed by atoms with van der Waals surface area (Å²) in [5.74, 6) is -1.24. The fourth-order valence-electron chi connectivity index (χ4n) is 3.23. The third-order valence-electron chi connectivity index (χ3n) is 4.57. The number of hydrogen-bond acceptors (Lipinski definition) is 3. The van der Waals surface area contributed by atoms with E-state index in [4.69, 9.17) is 0 Å². The molecule has 1 unspecified atom stereocenters. The zero-order chi connectivity index (χ0) is 17.8. The molecule has 1 aliphatic rings. The minimum absolute atomic E-state index is 0.0126. The largest absolute Gasteiger partial charge is 0.337 e. The molecule has 3 rings (SSSR count). The summed E-state index contributed by atoms with van der Waals surface area (Å²) in [6.45, 7) is 1.39. The number of hydrogen-bond donors (Lipinski definition) is 0. The first-order valence-electron chi connectivity index (χ1n) is 8.36. The van der Waals surface area contributed by atoms with E-state index in [1.165, 1.54) is 12.1 Å². The van der Waals surface area contributed by atoms with Crippen LogP contribution in [0.15, 0.2) is 42.7 Å². The highest BCUT2D eigenvalue weighted by Gasteiger charge is 2.32. The van der Waals surface area contributed by atoms with Gasteiger partial charge in [-0.05, 0) is 37.6 Å². The van der Waals surface area contributed by atoms with Gasteiger partial charge in [-0.25, -0.2) is 8.78 Å². The zero-order valence-electron chi connectivity index (χ0n) is 14.2. The number of piperidine rings is 1. The van der Waals surface area contributed by atoms with E-state index in [0.717, 1.165) is 24.5 Å². The van der Waals surface area contributed by atoms with Gasteiger partial charge in [-0.2, -0.15) is 0 Å². The van der Waals surface area contributed by atoms with Crippen molar-refractivity contribution in [3.8, 4) is 0 Å². The van der Waals surface area contributed by atoms with Gasteiger partial charge >= 0.3 is 0 Å². The topological polar surface area (TPSA) is 36.4 Å². The Hall–Kier alpha value is -2.34. The lowest BCUT2D eigenvalue weighted by Crippen LogP contribution is -2.50. The highest BCUT2D eigenvalue weighted by atomic mass is 19.1. The summed E-state index contributed by atoms with van der Waals surface area (Å²) in [5, 5.41) is 0. The Kier molecular flexibility index (Phi) is 5.38. The van der Waals surface area contributed by atoms with E-state index < -0.39 is 11.6 Å². The maximum atomic E-state index is 13.9. The number of halogens is 2. The minimum atomic E-state index is -0.612. The van der Waals surface area contributed by atoms with Crippen molar-refractivity contribution >= 4 is 5.91 Å². The van der Waals surface area contributed by atoms with Crippen molar-refractivity contribution in [2.75, 3.05) is 13.6 Å². The molecule has 1 aromatic carbocycles. The molecule has 1 saturated heterocycles. The monoisotopic (exact) mass is 345 g/mol. The van der Waals surface area contributed by atoms with Gasteiger partial charge in [0.2, 0.25) is 5.91 Å². The molecule has 0 aliphatic carbocycles. The third kappa shape index (κ3) is 4.20. The molecule has 132 valence electrons. The SMILES string of the molecule is CN(Cc1cccnc1)C1CCCN(Cc2ccc(F)cc2F)C1=O. The molecule has 1 fully saturated rings. The average molecular weight is 345 g/mol. The highest BCUT2D eigenvalue weighted by Crippen LogP contribution is 2.21. The van der Waals surface area contributed by atoms with Crippen LogP contribution in [0.2, 0.25) is 0 Å². The number of carbonyl (C=O) groups is 1. The zero-order valence-corrected chi connectivity index (χ0v) is 14.2. The van der Waals surface area contributed by atoms with Gasteiger partial charge in [-0.1, -0.05) is 12.1 Å². The second kappa shape index (κ2) is 7.70. The van der Waals surface area contributed by atoms with Crippen molar-refractivity contribution in [3.05, 3.63) is 65.5 Å². The van der Waals surface area contributed by atoms with Gasteiger partial charge in [-0.3, -0.25) is 14.7 Å². The molecule has 0 bridgehead atoms. The molecule has 2 heterocycles. The van der Waals surface area contributed by atoms with Crippen LogP contribution in [0.5, 0.6) is 0 Å². The molecule has 6 heteroatoms. The van der Waals surface area contributed by atoms with Crippen LogP contribution in [-0.4, -0.2) is 40.3 Å². The molecule has 1 aromatic heterocycles. The number of carbonyl (C=O) groups excluding carboxylic acids is 1. The van der Waals surface area contributed by atoms with Crippen LogP contribution in [0.3, 0.4) is 0 Å². The minimum Gasteiger partial charge on any atom is -0.337 e. The van der Waals surface area contributed by atoms with Gasteiger partial charge in [0.15, 0.2) is 0 Å². The Morgan fingerprint density at radius 2 is 2.16 bits per heavy atom. The Labute approximate surface area is 146 Å². The van der Waals surface area contributed by atoms with Crippen LogP contribution in [0.1, 0.15) is 24.0 Å². The van der Waals surface area contributed by atoms with Crippen molar-refractivity contribution in [2.24, 2.45) is 0 Å². The van der Waals surface area contributed by atoms with Crippen LogP contribution in [0, 0.1) is 11.6 Å². The van der Waals surface area contributed by atoms with E-state index in [9.17, 15) is 13.6 Å². The van der Waals surface area contributed by atoms with E-state index in [2.05, 4.69) is 4.98 Å². The first-order chi connectivity index (χ1) is 12.0. The first kappa shape index (κ1) is 17.5. The lowest BCUT2D eigenvalue weighted by molar-refractivity contribution is -0.140. The van der Waals surface area contributed by atoms with Gasteiger partial charge in [0.05, 0.1) is 6.04 Å². The lowest BCUT2D eigenvalue weighted by atomic mass is 10.0. The van der Waals surface area contributed by atoms with E-state index in [1.807, 2.05) is 24.1 Å². The van der Waals surface area contributed by atoms with Gasteiger partial charge in [-0.15, -0.1) is 0 Å². The fourth-order valence-corrected chi connectivity index (χ4v) is 3.23. The Morgan fingerprint density at radius 3 is 2.88 bits per heavy atom. The van der Waals surface area contributed by atoms with Crippen molar-refractivity contribution in [1.29, 1.82) is 0 Å². The second-order valence-corrected chi connectivity index (χ2v) is 6.43. The Morgan fingerprint density at radius 1 is 1.32 bits per heavy atom. The number of likely N-dealkylation sites (N-methyl/N-ethyl adjacent to an activating group) is 1. The van der Waals surface area contributed by atoms with Crippen LogP contribution < -0.4 is 0 Å². The van der Waals surface area contributed by atoms with Crippen LogP contribution in [0.4, 0.5) is 8.78 Å². The number of nitrogens with zero attached hydrogens (tertiary/aromatic N) is 3. The van der Waals surface area contributed by atoms with Crippen molar-refractivity contribution in [2.45, 2.75) is 32.0 Å². The average Bonchev–Trinajstić information content (AvgIpc) is 2.59. The van der Waals surface area contributed by atoms with Crippen LogP contribution in [-0.2, 0) is 17.9 Å². The van der Waals surface area contributed by atoms with Gasteiger partial charge in [0.1, 0.15) is 11.6 Å². The fraction of sp³-hybridized carbons (Fsp3) is 0.368. The summed E-state index contributed by atoms with van der Waals surface area (Å²) < 4.78 is 26.9. The normalized spacial score (nSPS) is 18.0. The first-order valence-corrected chi connectivity index (χ1v) is 8.36. The number of pyridine rings is 1. The summed E-state index contributed by atoms with van der Waals surface area (Å²) in [4.78, 5) is 20.6. The molecule has 1 aliphatic heterocycles. The maximum absolute atomic E-state index is 13.9. The molecule has 2 aromatic rings. The number of likely N-dealkylation sites (tertiary alicyclic amines) is 1. The number of aromatic nitrogens is 1. The lowest BCUT2D eigenvalue weighted by Gasteiger charge is -2.37. The summed E-state index contributed by atoms with van der Waals surface area (Å²) in [7, 11) is 1.91. The molecule has 1 amide bonds. The van der Waals surface area contributed by atoms with Crippen molar-refractivity contribution in [3.63, 3.8) is 0 Å². The summed E-state index contributed by atoms with van der Waals surface area (Å²) in [5.41, 5.74) is 1.38. The van der Waals surface area contributed by atoms with E-state index in [1.54, 1.807) is 17.3 Å². The molecular formula is C19H21F2N3O. The number of benzene rings is 1. The summed E-state index contributed by atoms with van der Waals surface area (Å²) >= 11 is 0. The van der Waals surface area contributed by atoms with Gasteiger partial charge in [0, 0.05) is 43.7 Å². The van der Waals surface area contributed by atoms with Crippen LogP contribution in [0.25, 0.3) is 0 Å².